The summed E-state index contributed by atoms with van der Waals surface area (Å²) in [7, 11) is 1.52. The summed E-state index contributed by atoms with van der Waals surface area (Å²) < 4.78 is 4.80. The highest BCUT2D eigenvalue weighted by atomic mass is 35.5. The van der Waals surface area contributed by atoms with E-state index in [1.165, 1.54) is 13.2 Å². The molecule has 7 heteroatoms. The van der Waals surface area contributed by atoms with E-state index >= 15 is 0 Å². The van der Waals surface area contributed by atoms with Crippen LogP contribution < -0.4 is 5.32 Å². The van der Waals surface area contributed by atoms with Gasteiger partial charge in [-0.1, -0.05) is 11.6 Å². The van der Waals surface area contributed by atoms with Gasteiger partial charge in [0.2, 0.25) is 0 Å². The molecule has 0 heterocycles. The minimum Gasteiger partial charge on any atom is -0.391 e. The molecule has 1 aromatic carbocycles. The normalized spacial score (nSPS) is 12.4. The molecule has 106 valence electrons. The van der Waals surface area contributed by atoms with E-state index in [2.05, 4.69) is 5.32 Å². The molecule has 0 saturated carbocycles. The molecule has 2 N–H and O–H groups in total. The minimum absolute atomic E-state index is 0.00237. The average molecular weight is 289 g/mol. The smallest absolute Gasteiger partial charge is 0.275 e. The van der Waals surface area contributed by atoms with E-state index in [1.807, 2.05) is 0 Å². The predicted molar refractivity (Wildman–Crippen MR) is 72.3 cm³/mol. The third-order valence-electron chi connectivity index (χ3n) is 2.57. The molecular weight excluding hydrogens is 272 g/mol. The summed E-state index contributed by atoms with van der Waals surface area (Å²) in [6.45, 7) is 1.18. The summed E-state index contributed by atoms with van der Waals surface area (Å²) in [5.41, 5.74) is 0.563. The monoisotopic (exact) mass is 288 g/mol. The van der Waals surface area contributed by atoms with E-state index in [0.717, 1.165) is 0 Å². The molecule has 0 radical (unpaired) electrons. The van der Waals surface area contributed by atoms with Gasteiger partial charge in [0.15, 0.2) is 0 Å². The minimum atomic E-state index is -0.530. The van der Waals surface area contributed by atoms with Crippen molar-refractivity contribution in [1.29, 1.82) is 0 Å². The van der Waals surface area contributed by atoms with Gasteiger partial charge in [0.25, 0.3) is 5.69 Å². The van der Waals surface area contributed by atoms with Crippen LogP contribution >= 0.6 is 11.6 Å². The first-order chi connectivity index (χ1) is 9.04. The van der Waals surface area contributed by atoms with Crippen LogP contribution in [0.2, 0.25) is 5.02 Å². The highest BCUT2D eigenvalue weighted by Gasteiger charge is 2.13. The lowest BCUT2D eigenvalue weighted by Crippen LogP contribution is -2.23. The molecule has 0 aliphatic carbocycles. The van der Waals surface area contributed by atoms with Crippen LogP contribution in [-0.2, 0) is 11.3 Å². The van der Waals surface area contributed by atoms with Crippen molar-refractivity contribution in [2.45, 2.75) is 19.1 Å². The van der Waals surface area contributed by atoms with Crippen LogP contribution in [0.3, 0.4) is 0 Å². The standard InChI is InChI=1S/C12H17ClN2O4/c1-19-8-11(16)4-5-14-7-9-2-3-10(13)6-12(9)15(17)18/h2-3,6,11,14,16H,4-5,7-8H2,1H3. The van der Waals surface area contributed by atoms with Crippen LogP contribution in [0.4, 0.5) is 5.69 Å². The first-order valence-electron chi connectivity index (χ1n) is 5.85. The zero-order chi connectivity index (χ0) is 14.3. The summed E-state index contributed by atoms with van der Waals surface area (Å²) in [4.78, 5) is 10.4. The Morgan fingerprint density at radius 3 is 2.95 bits per heavy atom. The average Bonchev–Trinajstić information content (AvgIpc) is 2.36. The van der Waals surface area contributed by atoms with Crippen molar-refractivity contribution in [1.82, 2.24) is 5.32 Å². The molecule has 0 spiro atoms. The predicted octanol–water partition coefficient (Wildman–Crippen LogP) is 1.74. The maximum Gasteiger partial charge on any atom is 0.275 e. The Morgan fingerprint density at radius 1 is 1.58 bits per heavy atom. The quantitative estimate of drug-likeness (QED) is 0.432. The third-order valence-corrected chi connectivity index (χ3v) is 2.81. The summed E-state index contributed by atoms with van der Waals surface area (Å²) in [6, 6.07) is 4.57. The van der Waals surface area contributed by atoms with Gasteiger partial charge in [-0.3, -0.25) is 10.1 Å². The van der Waals surface area contributed by atoms with Gasteiger partial charge in [0, 0.05) is 30.3 Å². The van der Waals surface area contributed by atoms with Crippen LogP contribution in [0.5, 0.6) is 0 Å². The molecule has 0 saturated heterocycles. The Labute approximate surface area is 116 Å². The number of nitro benzene ring substituents is 1. The molecule has 0 aliphatic rings. The molecule has 0 fully saturated rings. The Kier molecular flexibility index (Phi) is 6.72. The summed E-state index contributed by atoms with van der Waals surface area (Å²) in [5.74, 6) is 0. The second-order valence-corrected chi connectivity index (χ2v) is 4.54. The zero-order valence-corrected chi connectivity index (χ0v) is 11.4. The van der Waals surface area contributed by atoms with Crippen molar-refractivity contribution >= 4 is 17.3 Å². The maximum absolute atomic E-state index is 10.9. The molecule has 0 aromatic heterocycles. The van der Waals surface area contributed by atoms with Gasteiger partial charge in [0.1, 0.15) is 0 Å². The van der Waals surface area contributed by atoms with Gasteiger partial charge >= 0.3 is 0 Å². The zero-order valence-electron chi connectivity index (χ0n) is 10.6. The number of hydrogen-bond donors (Lipinski definition) is 2. The van der Waals surface area contributed by atoms with Crippen LogP contribution in [0.15, 0.2) is 18.2 Å². The van der Waals surface area contributed by atoms with E-state index in [-0.39, 0.29) is 12.3 Å². The lowest BCUT2D eigenvalue weighted by atomic mass is 10.1. The first kappa shape index (κ1) is 15.8. The SMILES string of the molecule is COCC(O)CCNCc1ccc(Cl)cc1[N+](=O)[O-]. The Hall–Kier alpha value is -1.21. The van der Waals surface area contributed by atoms with Crippen molar-refractivity contribution in [2.24, 2.45) is 0 Å². The number of aliphatic hydroxyl groups excluding tert-OH is 1. The fourth-order valence-corrected chi connectivity index (χ4v) is 1.79. The summed E-state index contributed by atoms with van der Waals surface area (Å²) in [5, 5.41) is 23.7. The van der Waals surface area contributed by atoms with Gasteiger partial charge < -0.3 is 15.2 Å². The number of ether oxygens (including phenoxy) is 1. The molecule has 0 bridgehead atoms. The second-order valence-electron chi connectivity index (χ2n) is 4.10. The molecule has 0 amide bonds. The number of nitrogens with one attached hydrogen (secondary N) is 1. The number of halogens is 1. The molecule has 1 aromatic rings. The van der Waals surface area contributed by atoms with Crippen molar-refractivity contribution in [3.8, 4) is 0 Å². The van der Waals surface area contributed by atoms with E-state index < -0.39 is 11.0 Å². The highest BCUT2D eigenvalue weighted by molar-refractivity contribution is 6.30. The van der Waals surface area contributed by atoms with E-state index in [0.29, 0.717) is 30.1 Å². The van der Waals surface area contributed by atoms with Crippen molar-refractivity contribution in [3.05, 3.63) is 38.9 Å². The number of benzene rings is 1. The fourth-order valence-electron chi connectivity index (χ4n) is 1.62. The van der Waals surface area contributed by atoms with E-state index in [4.69, 9.17) is 16.3 Å². The molecule has 19 heavy (non-hydrogen) atoms. The van der Waals surface area contributed by atoms with Crippen LogP contribution in [0, 0.1) is 10.1 Å². The second kappa shape index (κ2) is 8.06. The summed E-state index contributed by atoms with van der Waals surface area (Å²) >= 11 is 5.73. The fraction of sp³-hybridized carbons (Fsp3) is 0.500. The molecule has 1 unspecified atom stereocenters. The third kappa shape index (κ3) is 5.52. The van der Waals surface area contributed by atoms with Crippen molar-refractivity contribution in [3.63, 3.8) is 0 Å². The number of rotatable bonds is 8. The van der Waals surface area contributed by atoms with Crippen molar-refractivity contribution < 1.29 is 14.8 Å². The molecule has 1 rings (SSSR count). The number of nitrogens with zero attached hydrogens (tertiary/aromatic N) is 1. The van der Waals surface area contributed by atoms with Gasteiger partial charge in [-0.2, -0.15) is 0 Å². The van der Waals surface area contributed by atoms with E-state index in [9.17, 15) is 15.2 Å². The van der Waals surface area contributed by atoms with Crippen molar-refractivity contribution in [2.75, 3.05) is 20.3 Å². The molecule has 1 atom stereocenters. The number of hydrogen-bond acceptors (Lipinski definition) is 5. The lowest BCUT2D eigenvalue weighted by molar-refractivity contribution is -0.385. The number of methoxy groups -OCH3 is 1. The van der Waals surface area contributed by atoms with Crippen LogP contribution in [0.1, 0.15) is 12.0 Å². The van der Waals surface area contributed by atoms with Gasteiger partial charge in [-0.25, -0.2) is 0 Å². The van der Waals surface area contributed by atoms with Crippen LogP contribution in [-0.4, -0.2) is 36.4 Å². The Morgan fingerprint density at radius 2 is 2.32 bits per heavy atom. The highest BCUT2D eigenvalue weighted by Crippen LogP contribution is 2.22. The molecular formula is C12H17ClN2O4. The number of aliphatic hydroxyl groups is 1. The topological polar surface area (TPSA) is 84.6 Å². The van der Waals surface area contributed by atoms with Gasteiger partial charge in [-0.05, 0) is 25.1 Å². The largest absolute Gasteiger partial charge is 0.391 e. The van der Waals surface area contributed by atoms with Crippen LogP contribution in [0.25, 0.3) is 0 Å². The Bertz CT molecular complexity index is 428. The maximum atomic E-state index is 10.9. The molecule has 0 aliphatic heterocycles. The van der Waals surface area contributed by atoms with Gasteiger partial charge in [-0.15, -0.1) is 0 Å². The molecule has 6 nitrogen and oxygen atoms in total. The number of nitro groups is 1. The van der Waals surface area contributed by atoms with E-state index in [1.54, 1.807) is 12.1 Å². The van der Waals surface area contributed by atoms with Gasteiger partial charge in [0.05, 0.1) is 17.6 Å². The Balaban J connectivity index is 2.47. The summed E-state index contributed by atoms with van der Waals surface area (Å²) in [6.07, 6.45) is -0.00686. The first-order valence-corrected chi connectivity index (χ1v) is 6.23. The lowest BCUT2D eigenvalue weighted by Gasteiger charge is -2.10.